The normalized spacial score (nSPS) is 25.1. The molecule has 0 spiro atoms. The van der Waals surface area contributed by atoms with E-state index < -0.39 is 0 Å². The highest BCUT2D eigenvalue weighted by Gasteiger charge is 2.22. The van der Waals surface area contributed by atoms with Gasteiger partial charge in [-0.1, -0.05) is 12.5 Å². The van der Waals surface area contributed by atoms with Crippen molar-refractivity contribution in [1.29, 1.82) is 0 Å². The van der Waals surface area contributed by atoms with Crippen LogP contribution < -0.4 is 0 Å². The molecule has 0 aliphatic carbocycles. The van der Waals surface area contributed by atoms with Gasteiger partial charge < -0.3 is 10.0 Å². The molecule has 1 N–H and O–H groups in total. The van der Waals surface area contributed by atoms with Crippen LogP contribution in [0, 0.1) is 0 Å². The molecular weight excluding hydrogens is 186 g/mol. The molecule has 1 saturated heterocycles. The van der Waals surface area contributed by atoms with Gasteiger partial charge in [0.15, 0.2) is 0 Å². The van der Waals surface area contributed by atoms with Crippen molar-refractivity contribution in [3.05, 3.63) is 12.7 Å². The van der Waals surface area contributed by atoms with E-state index in [1.165, 1.54) is 38.8 Å². The molecule has 0 aromatic heterocycles. The number of nitrogens with zero attached hydrogens (tertiary/aromatic N) is 1. The summed E-state index contributed by atoms with van der Waals surface area (Å²) in [6.45, 7) is 8.04. The Labute approximate surface area is 94.0 Å². The molecule has 1 fully saturated rings. The van der Waals surface area contributed by atoms with Crippen LogP contribution in [0.1, 0.15) is 45.4 Å². The van der Waals surface area contributed by atoms with Gasteiger partial charge in [0, 0.05) is 6.04 Å². The average Bonchev–Trinajstić information content (AvgIpc) is 2.20. The lowest BCUT2D eigenvalue weighted by atomic mass is 9.97. The number of aliphatic hydroxyl groups is 1. The molecule has 0 amide bonds. The second-order valence-corrected chi connectivity index (χ2v) is 4.70. The molecule has 1 rings (SSSR count). The maximum absolute atomic E-state index is 9.45. The minimum absolute atomic E-state index is 0.157. The zero-order valence-corrected chi connectivity index (χ0v) is 9.99. The highest BCUT2D eigenvalue weighted by molar-refractivity contribution is 4.79. The number of unbranched alkanes of at least 4 members (excludes halogenated alkanes) is 1. The van der Waals surface area contributed by atoms with Crippen LogP contribution in [0.3, 0.4) is 0 Å². The first-order valence-electron chi connectivity index (χ1n) is 6.27. The third-order valence-electron chi connectivity index (χ3n) is 3.22. The van der Waals surface area contributed by atoms with Crippen LogP contribution in [0.25, 0.3) is 0 Å². The fourth-order valence-corrected chi connectivity index (χ4v) is 2.45. The maximum atomic E-state index is 9.45. The third kappa shape index (κ3) is 4.80. The summed E-state index contributed by atoms with van der Waals surface area (Å²) < 4.78 is 0. The van der Waals surface area contributed by atoms with E-state index in [4.69, 9.17) is 0 Å². The second-order valence-electron chi connectivity index (χ2n) is 4.70. The molecule has 15 heavy (non-hydrogen) atoms. The lowest BCUT2D eigenvalue weighted by molar-refractivity contribution is 0.0863. The fraction of sp³-hybridized carbons (Fsp3) is 0.846. The molecule has 0 aromatic rings. The summed E-state index contributed by atoms with van der Waals surface area (Å²) in [5.74, 6) is 0. The lowest BCUT2D eigenvalue weighted by Gasteiger charge is -2.36. The van der Waals surface area contributed by atoms with E-state index in [1.807, 2.05) is 13.0 Å². The van der Waals surface area contributed by atoms with E-state index in [0.717, 1.165) is 12.8 Å². The molecule has 0 saturated carbocycles. The van der Waals surface area contributed by atoms with Crippen molar-refractivity contribution < 1.29 is 5.11 Å². The largest absolute Gasteiger partial charge is 0.393 e. The Bertz CT molecular complexity index is 179. The summed E-state index contributed by atoms with van der Waals surface area (Å²) in [5, 5.41) is 9.45. The van der Waals surface area contributed by atoms with Crippen LogP contribution in [0.2, 0.25) is 0 Å². The molecule has 2 heteroatoms. The summed E-state index contributed by atoms with van der Waals surface area (Å²) in [6.07, 6.45) is 9.01. The molecule has 0 aromatic carbocycles. The Hall–Kier alpha value is -0.340. The van der Waals surface area contributed by atoms with Gasteiger partial charge in [-0.25, -0.2) is 0 Å². The van der Waals surface area contributed by atoms with Crippen molar-refractivity contribution in [1.82, 2.24) is 4.90 Å². The highest BCUT2D eigenvalue weighted by atomic mass is 16.3. The molecule has 1 aliphatic rings. The van der Waals surface area contributed by atoms with E-state index in [9.17, 15) is 5.11 Å². The maximum Gasteiger partial charge on any atom is 0.0527 e. The number of likely N-dealkylation sites (tertiary alicyclic amines) is 1. The molecule has 2 nitrogen and oxygen atoms in total. The molecule has 88 valence electrons. The Morgan fingerprint density at radius 2 is 2.33 bits per heavy atom. The number of hydrogen-bond donors (Lipinski definition) is 1. The highest BCUT2D eigenvalue weighted by Crippen LogP contribution is 2.21. The number of piperidine rings is 1. The first kappa shape index (κ1) is 12.7. The van der Waals surface area contributed by atoms with Crippen LogP contribution in [0.15, 0.2) is 12.7 Å². The molecule has 1 aliphatic heterocycles. The smallest absolute Gasteiger partial charge is 0.0527 e. The van der Waals surface area contributed by atoms with Crippen molar-refractivity contribution in [3.8, 4) is 0 Å². The van der Waals surface area contributed by atoms with Gasteiger partial charge in [0.2, 0.25) is 0 Å². The number of hydrogen-bond acceptors (Lipinski definition) is 2. The molecule has 1 heterocycles. The summed E-state index contributed by atoms with van der Waals surface area (Å²) in [6, 6.07) is 0.614. The SMILES string of the molecule is C=CCCCN1CCCCC1CC(C)O. The van der Waals surface area contributed by atoms with Gasteiger partial charge in [-0.2, -0.15) is 0 Å². The monoisotopic (exact) mass is 211 g/mol. The van der Waals surface area contributed by atoms with Crippen molar-refractivity contribution in [2.45, 2.75) is 57.6 Å². The zero-order chi connectivity index (χ0) is 11.1. The molecule has 0 bridgehead atoms. The van der Waals surface area contributed by atoms with Crippen LogP contribution in [-0.4, -0.2) is 35.2 Å². The zero-order valence-electron chi connectivity index (χ0n) is 9.99. The van der Waals surface area contributed by atoms with E-state index >= 15 is 0 Å². The number of rotatable bonds is 6. The Balaban J connectivity index is 2.32. The van der Waals surface area contributed by atoms with Gasteiger partial charge in [0.25, 0.3) is 0 Å². The quantitative estimate of drug-likeness (QED) is 0.539. The van der Waals surface area contributed by atoms with Crippen molar-refractivity contribution in [2.24, 2.45) is 0 Å². The lowest BCUT2D eigenvalue weighted by Crippen LogP contribution is -2.41. The first-order chi connectivity index (χ1) is 7.24. The van der Waals surface area contributed by atoms with Gasteiger partial charge >= 0.3 is 0 Å². The van der Waals surface area contributed by atoms with Crippen LogP contribution >= 0.6 is 0 Å². The van der Waals surface area contributed by atoms with E-state index in [0.29, 0.717) is 6.04 Å². The molecule has 2 atom stereocenters. The Morgan fingerprint density at radius 3 is 3.00 bits per heavy atom. The van der Waals surface area contributed by atoms with Crippen molar-refractivity contribution in [3.63, 3.8) is 0 Å². The van der Waals surface area contributed by atoms with Gasteiger partial charge in [-0.15, -0.1) is 6.58 Å². The topological polar surface area (TPSA) is 23.5 Å². The molecule has 0 radical (unpaired) electrons. The Kier molecular flexibility index (Phi) is 5.96. The average molecular weight is 211 g/mol. The van der Waals surface area contributed by atoms with Gasteiger partial charge in [0.05, 0.1) is 6.10 Å². The number of allylic oxidation sites excluding steroid dienone is 1. The minimum atomic E-state index is -0.157. The van der Waals surface area contributed by atoms with Crippen LogP contribution in [0.5, 0.6) is 0 Å². The summed E-state index contributed by atoms with van der Waals surface area (Å²) in [4.78, 5) is 2.56. The van der Waals surface area contributed by atoms with Crippen molar-refractivity contribution in [2.75, 3.05) is 13.1 Å². The number of aliphatic hydroxyl groups excluding tert-OH is 1. The second kappa shape index (κ2) is 7.02. The first-order valence-corrected chi connectivity index (χ1v) is 6.27. The van der Waals surface area contributed by atoms with Crippen molar-refractivity contribution >= 4 is 0 Å². The van der Waals surface area contributed by atoms with Gasteiger partial charge in [-0.05, 0) is 52.1 Å². The van der Waals surface area contributed by atoms with E-state index in [2.05, 4.69) is 11.5 Å². The molecule has 2 unspecified atom stereocenters. The predicted octanol–water partition coefficient (Wildman–Crippen LogP) is 2.58. The van der Waals surface area contributed by atoms with E-state index in [-0.39, 0.29) is 6.10 Å². The summed E-state index contributed by atoms with van der Waals surface area (Å²) in [7, 11) is 0. The third-order valence-corrected chi connectivity index (χ3v) is 3.22. The summed E-state index contributed by atoms with van der Waals surface area (Å²) >= 11 is 0. The predicted molar refractivity (Wildman–Crippen MR) is 64.9 cm³/mol. The van der Waals surface area contributed by atoms with Crippen LogP contribution in [0.4, 0.5) is 0 Å². The molecular formula is C13H25NO. The van der Waals surface area contributed by atoms with Crippen LogP contribution in [-0.2, 0) is 0 Å². The summed E-state index contributed by atoms with van der Waals surface area (Å²) in [5.41, 5.74) is 0. The fourth-order valence-electron chi connectivity index (χ4n) is 2.45. The van der Waals surface area contributed by atoms with Gasteiger partial charge in [-0.3, -0.25) is 0 Å². The standard InChI is InChI=1S/C13H25NO/c1-3-4-6-9-14-10-7-5-8-13(14)11-12(2)15/h3,12-13,15H,1,4-11H2,2H3. The van der Waals surface area contributed by atoms with E-state index in [1.54, 1.807) is 0 Å². The minimum Gasteiger partial charge on any atom is -0.393 e. The Morgan fingerprint density at radius 1 is 1.53 bits per heavy atom. The van der Waals surface area contributed by atoms with Gasteiger partial charge in [0.1, 0.15) is 0 Å².